The highest BCUT2D eigenvalue weighted by molar-refractivity contribution is 5.71. The number of ether oxygens (including phenoxy) is 3. The van der Waals surface area contributed by atoms with E-state index in [0.717, 1.165) is 96.3 Å². The van der Waals surface area contributed by atoms with Gasteiger partial charge in [-0.3, -0.25) is 14.4 Å². The predicted octanol–water partition coefficient (Wildman–Crippen LogP) is 18.1. The largest absolute Gasteiger partial charge is 0.462 e. The van der Waals surface area contributed by atoms with Crippen molar-refractivity contribution in [3.05, 3.63) is 122 Å². The molecule has 378 valence electrons. The Morgan fingerprint density at radius 1 is 0.313 bits per heavy atom. The van der Waals surface area contributed by atoms with Crippen molar-refractivity contribution in [1.82, 2.24) is 0 Å². The number of allylic oxidation sites excluding steroid dienone is 20. The van der Waals surface area contributed by atoms with Gasteiger partial charge in [0.25, 0.3) is 0 Å². The third kappa shape index (κ3) is 52.6. The molecule has 0 aliphatic carbocycles. The summed E-state index contributed by atoms with van der Waals surface area (Å²) >= 11 is 0. The maximum absolute atomic E-state index is 12.8. The van der Waals surface area contributed by atoms with Crippen LogP contribution in [0, 0.1) is 0 Å². The van der Waals surface area contributed by atoms with Crippen molar-refractivity contribution in [1.29, 1.82) is 0 Å². The average molecular weight is 927 g/mol. The Labute approximate surface area is 412 Å². The Morgan fingerprint density at radius 3 is 1.00 bits per heavy atom. The molecule has 0 radical (unpaired) electrons. The zero-order valence-corrected chi connectivity index (χ0v) is 43.1. The standard InChI is InChI=1S/C61H98O6/c1-4-7-10-13-16-19-22-25-28-30-33-36-39-42-45-48-51-54-60(63)66-57-58(56-65-59(62)53-50-47-44-41-38-35-32-27-24-21-18-15-12-9-6-3)67-61(64)55-52-49-46-43-40-37-34-31-29-26-23-20-17-14-11-8-5-2/h7,10,16-21,25-29,32-33,36,38,41-42,45,58H,4-6,8-9,11-15,22-24,30-31,34-35,37,39-40,43-44,46-57H2,1-3H3/b10-7-,19-16-,20-17-,21-18-,28-25-,29-26-,32-27-,36-33-,41-38-,45-42-/t58-/m0/s1. The lowest BCUT2D eigenvalue weighted by molar-refractivity contribution is -0.167. The molecule has 0 aromatic rings. The second kappa shape index (κ2) is 54.4. The minimum atomic E-state index is -0.824. The first kappa shape index (κ1) is 62.8. The van der Waals surface area contributed by atoms with Gasteiger partial charge in [0.2, 0.25) is 0 Å². The molecule has 0 N–H and O–H groups in total. The van der Waals surface area contributed by atoms with Crippen LogP contribution < -0.4 is 0 Å². The monoisotopic (exact) mass is 927 g/mol. The molecule has 0 amide bonds. The van der Waals surface area contributed by atoms with Crippen LogP contribution in [0.1, 0.15) is 226 Å². The fourth-order valence-electron chi connectivity index (χ4n) is 6.87. The maximum Gasteiger partial charge on any atom is 0.306 e. The van der Waals surface area contributed by atoms with Gasteiger partial charge in [0.05, 0.1) is 0 Å². The van der Waals surface area contributed by atoms with Crippen LogP contribution in [0.4, 0.5) is 0 Å². The van der Waals surface area contributed by atoms with Gasteiger partial charge in [-0.15, -0.1) is 0 Å². The van der Waals surface area contributed by atoms with Crippen LogP contribution in [0.2, 0.25) is 0 Å². The van der Waals surface area contributed by atoms with Gasteiger partial charge in [-0.1, -0.05) is 200 Å². The van der Waals surface area contributed by atoms with E-state index in [9.17, 15) is 14.4 Å². The summed E-state index contributed by atoms with van der Waals surface area (Å²) in [7, 11) is 0. The van der Waals surface area contributed by atoms with Crippen molar-refractivity contribution in [2.75, 3.05) is 13.2 Å². The Hall–Kier alpha value is -4.19. The molecule has 0 fully saturated rings. The van der Waals surface area contributed by atoms with E-state index in [1.165, 1.54) is 77.0 Å². The lowest BCUT2D eigenvalue weighted by Gasteiger charge is -2.18. The van der Waals surface area contributed by atoms with Crippen LogP contribution in [-0.2, 0) is 28.6 Å². The van der Waals surface area contributed by atoms with E-state index in [1.807, 2.05) is 0 Å². The Kier molecular flexibility index (Phi) is 51.0. The van der Waals surface area contributed by atoms with E-state index in [1.54, 1.807) is 0 Å². The van der Waals surface area contributed by atoms with E-state index in [-0.39, 0.29) is 37.5 Å². The summed E-state index contributed by atoms with van der Waals surface area (Å²) in [5.74, 6) is -1.03. The summed E-state index contributed by atoms with van der Waals surface area (Å²) in [4.78, 5) is 38.0. The molecule has 0 aliphatic rings. The lowest BCUT2D eigenvalue weighted by atomic mass is 10.1. The SMILES string of the molecule is CC/C=C\C/C=C\C/C=C\C/C=C\C/C=C\CCCC(=O)OC[C@H](COC(=O)CCCC/C=C\C/C=C\C/C=C\CCCCC)OC(=O)CCCCCCCCC/C=C\C/C=C\CCCCC. The van der Waals surface area contributed by atoms with Crippen molar-refractivity contribution >= 4 is 17.9 Å². The van der Waals surface area contributed by atoms with Gasteiger partial charge in [0, 0.05) is 19.3 Å². The molecule has 0 saturated carbocycles. The fourth-order valence-corrected chi connectivity index (χ4v) is 6.87. The van der Waals surface area contributed by atoms with E-state index in [0.29, 0.717) is 25.7 Å². The van der Waals surface area contributed by atoms with Crippen LogP contribution in [0.3, 0.4) is 0 Å². The first-order chi connectivity index (χ1) is 33.0. The molecule has 0 aliphatic heterocycles. The molecular formula is C61H98O6. The Bertz CT molecular complexity index is 1440. The average Bonchev–Trinajstić information content (AvgIpc) is 3.33. The molecule has 0 heterocycles. The fraction of sp³-hybridized carbons (Fsp3) is 0.623. The van der Waals surface area contributed by atoms with Crippen molar-refractivity contribution in [2.45, 2.75) is 232 Å². The van der Waals surface area contributed by atoms with Gasteiger partial charge in [-0.25, -0.2) is 0 Å². The highest BCUT2D eigenvalue weighted by Crippen LogP contribution is 2.13. The number of hydrogen-bond acceptors (Lipinski definition) is 6. The van der Waals surface area contributed by atoms with Gasteiger partial charge in [0.1, 0.15) is 13.2 Å². The molecule has 0 spiro atoms. The summed E-state index contributed by atoms with van der Waals surface area (Å²) in [5.41, 5.74) is 0. The summed E-state index contributed by atoms with van der Waals surface area (Å²) in [6, 6.07) is 0. The minimum Gasteiger partial charge on any atom is -0.462 e. The Morgan fingerprint density at radius 2 is 0.597 bits per heavy atom. The maximum atomic E-state index is 12.8. The minimum absolute atomic E-state index is 0.122. The smallest absolute Gasteiger partial charge is 0.306 e. The molecule has 0 rings (SSSR count). The molecule has 0 aromatic carbocycles. The van der Waals surface area contributed by atoms with E-state index >= 15 is 0 Å². The molecular weight excluding hydrogens is 829 g/mol. The van der Waals surface area contributed by atoms with Crippen LogP contribution >= 0.6 is 0 Å². The zero-order valence-electron chi connectivity index (χ0n) is 43.1. The predicted molar refractivity (Wildman–Crippen MR) is 288 cm³/mol. The topological polar surface area (TPSA) is 78.9 Å². The summed E-state index contributed by atoms with van der Waals surface area (Å²) in [6.45, 7) is 6.37. The van der Waals surface area contributed by atoms with Crippen LogP contribution in [0.5, 0.6) is 0 Å². The normalized spacial score (nSPS) is 13.1. The van der Waals surface area contributed by atoms with Crippen molar-refractivity contribution in [2.24, 2.45) is 0 Å². The molecule has 6 nitrogen and oxygen atoms in total. The number of unbranched alkanes of at least 4 members (excludes halogenated alkanes) is 16. The van der Waals surface area contributed by atoms with Crippen LogP contribution in [0.15, 0.2) is 122 Å². The highest BCUT2D eigenvalue weighted by atomic mass is 16.6. The summed E-state index contributed by atoms with van der Waals surface area (Å²) in [5, 5.41) is 0. The number of esters is 3. The number of rotatable bonds is 47. The third-order valence-electron chi connectivity index (χ3n) is 10.9. The molecule has 0 aromatic heterocycles. The third-order valence-corrected chi connectivity index (χ3v) is 10.9. The van der Waals surface area contributed by atoms with Gasteiger partial charge < -0.3 is 14.2 Å². The summed E-state index contributed by atoms with van der Waals surface area (Å²) < 4.78 is 16.7. The highest BCUT2D eigenvalue weighted by Gasteiger charge is 2.19. The van der Waals surface area contributed by atoms with Gasteiger partial charge in [-0.05, 0) is 128 Å². The number of carbonyl (C=O) groups is 3. The van der Waals surface area contributed by atoms with Gasteiger partial charge >= 0.3 is 17.9 Å². The molecule has 67 heavy (non-hydrogen) atoms. The van der Waals surface area contributed by atoms with Crippen molar-refractivity contribution in [3.8, 4) is 0 Å². The Balaban J connectivity index is 4.57. The molecule has 1 atom stereocenters. The molecule has 0 unspecified atom stereocenters. The molecule has 0 saturated heterocycles. The van der Waals surface area contributed by atoms with Gasteiger partial charge in [0.15, 0.2) is 6.10 Å². The molecule has 0 bridgehead atoms. The lowest BCUT2D eigenvalue weighted by Crippen LogP contribution is -2.30. The first-order valence-corrected chi connectivity index (χ1v) is 27.0. The van der Waals surface area contributed by atoms with E-state index in [4.69, 9.17) is 14.2 Å². The summed E-state index contributed by atoms with van der Waals surface area (Å²) in [6.07, 6.45) is 74.7. The van der Waals surface area contributed by atoms with E-state index in [2.05, 4.69) is 142 Å². The van der Waals surface area contributed by atoms with Gasteiger partial charge in [-0.2, -0.15) is 0 Å². The number of carbonyl (C=O) groups excluding carboxylic acids is 3. The molecule has 6 heteroatoms. The van der Waals surface area contributed by atoms with Crippen LogP contribution in [-0.4, -0.2) is 37.2 Å². The quantitative estimate of drug-likeness (QED) is 0.0262. The first-order valence-electron chi connectivity index (χ1n) is 27.0. The zero-order chi connectivity index (χ0) is 48.6. The second-order valence-electron chi connectivity index (χ2n) is 17.4. The second-order valence-corrected chi connectivity index (χ2v) is 17.4. The van der Waals surface area contributed by atoms with Crippen molar-refractivity contribution in [3.63, 3.8) is 0 Å². The number of hydrogen-bond donors (Lipinski definition) is 0. The van der Waals surface area contributed by atoms with E-state index < -0.39 is 6.10 Å². The van der Waals surface area contributed by atoms with Crippen LogP contribution in [0.25, 0.3) is 0 Å². The van der Waals surface area contributed by atoms with Crippen molar-refractivity contribution < 1.29 is 28.6 Å².